The highest BCUT2D eigenvalue weighted by atomic mass is 16.7. The fraction of sp³-hybridized carbons (Fsp3) is 1.00. The third kappa shape index (κ3) is 2.05. The summed E-state index contributed by atoms with van der Waals surface area (Å²) in [6.45, 7) is -0.303. The third-order valence-corrected chi connectivity index (χ3v) is 2.33. The zero-order valence-corrected chi connectivity index (χ0v) is 8.16. The van der Waals surface area contributed by atoms with Gasteiger partial charge in [-0.1, -0.05) is 0 Å². The molecule has 0 aromatic heterocycles. The fourth-order valence-electron chi connectivity index (χ4n) is 1.54. The van der Waals surface area contributed by atoms with E-state index in [1.807, 2.05) is 0 Å². The van der Waals surface area contributed by atoms with E-state index in [4.69, 9.17) is 19.3 Å². The van der Waals surface area contributed by atoms with E-state index in [1.165, 1.54) is 14.2 Å². The molecule has 6 heteroatoms. The molecule has 0 saturated carbocycles. The zero-order chi connectivity index (χ0) is 10.7. The smallest absolute Gasteiger partial charge is 0.186 e. The number of hydrogen-bond donors (Lipinski definition) is 3. The van der Waals surface area contributed by atoms with Gasteiger partial charge in [-0.15, -0.1) is 0 Å². The summed E-state index contributed by atoms with van der Waals surface area (Å²) >= 11 is 0. The Labute approximate surface area is 82.0 Å². The Balaban J connectivity index is 2.71. The molecule has 3 N–H and O–H groups in total. The van der Waals surface area contributed by atoms with Crippen LogP contribution in [0.2, 0.25) is 0 Å². The van der Waals surface area contributed by atoms with Crippen molar-refractivity contribution in [3.63, 3.8) is 0 Å². The summed E-state index contributed by atoms with van der Waals surface area (Å²) < 4.78 is 14.9. The summed E-state index contributed by atoms with van der Waals surface area (Å²) in [6, 6.07) is 0. The van der Waals surface area contributed by atoms with Crippen molar-refractivity contribution < 1.29 is 29.5 Å². The van der Waals surface area contributed by atoms with Crippen molar-refractivity contribution in [1.82, 2.24) is 0 Å². The van der Waals surface area contributed by atoms with Gasteiger partial charge in [-0.2, -0.15) is 0 Å². The molecule has 0 aromatic carbocycles. The van der Waals surface area contributed by atoms with Gasteiger partial charge in [0.1, 0.15) is 24.4 Å². The topological polar surface area (TPSA) is 88.4 Å². The monoisotopic (exact) mass is 208 g/mol. The average molecular weight is 208 g/mol. The number of aliphatic hydroxyl groups is 3. The predicted molar refractivity (Wildman–Crippen MR) is 45.6 cm³/mol. The first kappa shape index (κ1) is 11.8. The minimum absolute atomic E-state index is 0.303. The van der Waals surface area contributed by atoms with Gasteiger partial charge in [0.25, 0.3) is 0 Å². The molecule has 0 unspecified atom stereocenters. The maximum atomic E-state index is 9.59. The van der Waals surface area contributed by atoms with Gasteiger partial charge < -0.3 is 29.5 Å². The van der Waals surface area contributed by atoms with Crippen LogP contribution in [-0.2, 0) is 14.2 Å². The van der Waals surface area contributed by atoms with Crippen LogP contribution in [0.5, 0.6) is 0 Å². The van der Waals surface area contributed by atoms with Gasteiger partial charge in [0.15, 0.2) is 6.29 Å². The number of ether oxygens (including phenoxy) is 3. The van der Waals surface area contributed by atoms with Crippen LogP contribution < -0.4 is 0 Å². The third-order valence-electron chi connectivity index (χ3n) is 2.33. The van der Waals surface area contributed by atoms with Crippen molar-refractivity contribution in [3.05, 3.63) is 0 Å². The van der Waals surface area contributed by atoms with Crippen molar-refractivity contribution >= 4 is 0 Å². The molecule has 0 radical (unpaired) electrons. The summed E-state index contributed by atoms with van der Waals surface area (Å²) in [5, 5.41) is 28.0. The van der Waals surface area contributed by atoms with Gasteiger partial charge in [-0.25, -0.2) is 0 Å². The molecule has 5 atom stereocenters. The summed E-state index contributed by atoms with van der Waals surface area (Å²) in [4.78, 5) is 0. The maximum Gasteiger partial charge on any atom is 0.186 e. The molecule has 0 aliphatic carbocycles. The Kier molecular flexibility index (Phi) is 4.24. The van der Waals surface area contributed by atoms with E-state index in [0.29, 0.717) is 0 Å². The Hall–Kier alpha value is -0.240. The van der Waals surface area contributed by atoms with Crippen LogP contribution in [0.3, 0.4) is 0 Å². The molecule has 1 fully saturated rings. The second kappa shape index (κ2) is 5.01. The van der Waals surface area contributed by atoms with E-state index in [-0.39, 0.29) is 6.61 Å². The van der Waals surface area contributed by atoms with Crippen molar-refractivity contribution in [2.75, 3.05) is 20.8 Å². The van der Waals surface area contributed by atoms with Gasteiger partial charge in [0.2, 0.25) is 0 Å². The van der Waals surface area contributed by atoms with E-state index >= 15 is 0 Å². The maximum absolute atomic E-state index is 9.59. The van der Waals surface area contributed by atoms with Gasteiger partial charge in [-0.3, -0.25) is 0 Å². The number of rotatable bonds is 3. The lowest BCUT2D eigenvalue weighted by molar-refractivity contribution is -0.298. The average Bonchev–Trinajstić information content (AvgIpc) is 2.21. The van der Waals surface area contributed by atoms with E-state index in [1.54, 1.807) is 0 Å². The predicted octanol–water partition coefficient (Wildman–Crippen LogP) is -1.91. The molecule has 1 aliphatic heterocycles. The first-order valence-corrected chi connectivity index (χ1v) is 4.33. The van der Waals surface area contributed by atoms with Crippen molar-refractivity contribution in [2.45, 2.75) is 30.7 Å². The SMILES string of the molecule is CO[C@H]1O[C@H](CO)[C@H](OC)[C@H](O)[C@H]1O. The lowest BCUT2D eigenvalue weighted by Crippen LogP contribution is -2.59. The van der Waals surface area contributed by atoms with E-state index in [9.17, 15) is 10.2 Å². The first-order chi connectivity index (χ1) is 6.65. The Morgan fingerprint density at radius 2 is 1.79 bits per heavy atom. The second-order valence-electron chi connectivity index (χ2n) is 3.14. The summed E-state index contributed by atoms with van der Waals surface area (Å²) in [5.41, 5.74) is 0. The van der Waals surface area contributed by atoms with Gasteiger partial charge in [0.05, 0.1) is 6.61 Å². The van der Waals surface area contributed by atoms with Crippen molar-refractivity contribution in [3.8, 4) is 0 Å². The molecule has 0 aromatic rings. The molecule has 1 rings (SSSR count). The number of aliphatic hydroxyl groups excluding tert-OH is 3. The quantitative estimate of drug-likeness (QED) is 0.501. The van der Waals surface area contributed by atoms with Gasteiger partial charge >= 0.3 is 0 Å². The number of methoxy groups -OCH3 is 2. The molecular formula is C8H16O6. The Morgan fingerprint density at radius 1 is 1.14 bits per heavy atom. The summed E-state index contributed by atoms with van der Waals surface area (Å²) in [7, 11) is 2.72. The molecule has 84 valence electrons. The lowest BCUT2D eigenvalue weighted by atomic mass is 9.99. The zero-order valence-electron chi connectivity index (χ0n) is 8.16. The van der Waals surface area contributed by atoms with Crippen LogP contribution in [0.25, 0.3) is 0 Å². The molecular weight excluding hydrogens is 192 g/mol. The molecule has 1 saturated heterocycles. The molecule has 1 aliphatic rings. The van der Waals surface area contributed by atoms with Crippen molar-refractivity contribution in [1.29, 1.82) is 0 Å². The minimum atomic E-state index is -1.17. The van der Waals surface area contributed by atoms with Crippen LogP contribution in [0, 0.1) is 0 Å². The molecule has 0 amide bonds. The highest BCUT2D eigenvalue weighted by molar-refractivity contribution is 4.89. The molecule has 0 bridgehead atoms. The van der Waals surface area contributed by atoms with Crippen LogP contribution in [0.1, 0.15) is 0 Å². The fourth-order valence-corrected chi connectivity index (χ4v) is 1.54. The highest BCUT2D eigenvalue weighted by Gasteiger charge is 2.44. The van der Waals surface area contributed by atoms with Crippen LogP contribution in [-0.4, -0.2) is 66.9 Å². The van der Waals surface area contributed by atoms with Gasteiger partial charge in [-0.05, 0) is 0 Å². The van der Waals surface area contributed by atoms with E-state index in [2.05, 4.69) is 0 Å². The van der Waals surface area contributed by atoms with Crippen LogP contribution >= 0.6 is 0 Å². The Morgan fingerprint density at radius 3 is 2.21 bits per heavy atom. The Bertz CT molecular complexity index is 173. The van der Waals surface area contributed by atoms with Crippen LogP contribution in [0.15, 0.2) is 0 Å². The standard InChI is InChI=1S/C8H16O6/c1-12-7-4(3-9)14-8(13-2)6(11)5(7)10/h4-11H,3H2,1-2H3/t4-,5-,6-,7+,8+/m1/s1. The second-order valence-corrected chi connectivity index (χ2v) is 3.14. The minimum Gasteiger partial charge on any atom is -0.394 e. The largest absolute Gasteiger partial charge is 0.394 e. The lowest BCUT2D eigenvalue weighted by Gasteiger charge is -2.40. The normalized spacial score (nSPS) is 43.9. The van der Waals surface area contributed by atoms with E-state index < -0.39 is 30.7 Å². The summed E-state index contributed by atoms with van der Waals surface area (Å²) in [5.74, 6) is 0. The molecule has 14 heavy (non-hydrogen) atoms. The molecule has 1 heterocycles. The molecule has 6 nitrogen and oxygen atoms in total. The van der Waals surface area contributed by atoms with Crippen LogP contribution in [0.4, 0.5) is 0 Å². The van der Waals surface area contributed by atoms with E-state index in [0.717, 1.165) is 0 Å². The highest BCUT2D eigenvalue weighted by Crippen LogP contribution is 2.23. The first-order valence-electron chi connectivity index (χ1n) is 4.33. The van der Waals surface area contributed by atoms with Gasteiger partial charge in [0, 0.05) is 14.2 Å². The molecule has 0 spiro atoms. The summed E-state index contributed by atoms with van der Waals surface area (Å²) in [6.07, 6.45) is -4.68. The number of hydrogen-bond acceptors (Lipinski definition) is 6. The van der Waals surface area contributed by atoms with Crippen molar-refractivity contribution in [2.24, 2.45) is 0 Å².